The first-order chi connectivity index (χ1) is 10.6. The van der Waals surface area contributed by atoms with Crippen LogP contribution in [0.15, 0.2) is 53.5 Å². The molecule has 1 heterocycles. The molecule has 2 aromatic carbocycles. The summed E-state index contributed by atoms with van der Waals surface area (Å²) in [6, 6.07) is 13.6. The molecule has 1 N–H and O–H groups in total. The highest BCUT2D eigenvalue weighted by atomic mass is 35.5. The number of amides is 1. The molecule has 1 amide bonds. The van der Waals surface area contributed by atoms with E-state index in [1.165, 1.54) is 11.9 Å². The number of carbonyl (C=O) groups is 2. The number of fused-ring (bicyclic) bond motifs is 1. The van der Waals surface area contributed by atoms with Gasteiger partial charge in [-0.1, -0.05) is 23.7 Å². The molecule has 2 aromatic rings. The van der Waals surface area contributed by atoms with E-state index in [2.05, 4.69) is 10.4 Å². The van der Waals surface area contributed by atoms with Crippen molar-refractivity contribution in [3.63, 3.8) is 0 Å². The van der Waals surface area contributed by atoms with E-state index in [-0.39, 0.29) is 17.5 Å². The lowest BCUT2D eigenvalue weighted by molar-refractivity contribution is -0.111. The van der Waals surface area contributed by atoms with Crippen molar-refractivity contribution in [2.24, 2.45) is 4.99 Å². The molecule has 6 heteroatoms. The van der Waals surface area contributed by atoms with Crippen LogP contribution in [0.25, 0.3) is 0 Å². The number of nitrogens with one attached hydrogen (secondary N) is 1. The maximum atomic E-state index is 12.7. The summed E-state index contributed by atoms with van der Waals surface area (Å²) in [7, 11) is 0. The van der Waals surface area contributed by atoms with Gasteiger partial charge in [0.05, 0.1) is 16.9 Å². The van der Waals surface area contributed by atoms with E-state index in [0.29, 0.717) is 22.0 Å². The zero-order chi connectivity index (χ0) is 15.7. The Bertz CT molecular complexity index is 784. The van der Waals surface area contributed by atoms with Crippen LogP contribution in [0, 0.1) is 0 Å². The molecular weight excluding hydrogens is 302 g/mol. The summed E-state index contributed by atoms with van der Waals surface area (Å²) in [4.78, 5) is 28.7. The molecule has 110 valence electrons. The molecule has 0 fully saturated rings. The molecule has 0 spiro atoms. The normalized spacial score (nSPS) is 13.8. The predicted octanol–water partition coefficient (Wildman–Crippen LogP) is 3.12. The third-order valence-corrected chi connectivity index (χ3v) is 3.46. The molecule has 0 radical (unpaired) electrons. The van der Waals surface area contributed by atoms with Gasteiger partial charge < -0.3 is 0 Å². The zero-order valence-corrected chi connectivity index (χ0v) is 12.5. The standard InChI is InChI=1S/C16H12ClN3O2/c1-10(21)15-18-14-5-3-2-4-13(14)16(22)20(19-15)12-8-6-11(17)7-9-12/h2-9H,1H3,(H,18,19). The van der Waals surface area contributed by atoms with Gasteiger partial charge in [0.15, 0.2) is 11.6 Å². The number of anilines is 1. The second-order valence-corrected chi connectivity index (χ2v) is 5.20. The van der Waals surface area contributed by atoms with Gasteiger partial charge in [0.1, 0.15) is 0 Å². The molecule has 22 heavy (non-hydrogen) atoms. The molecule has 0 bridgehead atoms. The van der Waals surface area contributed by atoms with Crippen molar-refractivity contribution in [3.05, 3.63) is 59.1 Å². The zero-order valence-electron chi connectivity index (χ0n) is 11.7. The molecule has 1 aliphatic rings. The Hall–Kier alpha value is -2.66. The van der Waals surface area contributed by atoms with Crippen LogP contribution in [0.3, 0.4) is 0 Å². The average molecular weight is 314 g/mol. The summed E-state index contributed by atoms with van der Waals surface area (Å²) < 4.78 is 0. The third kappa shape index (κ3) is 2.58. The number of aliphatic imine (C=N–C) groups is 1. The van der Waals surface area contributed by atoms with Gasteiger partial charge in [-0.25, -0.2) is 10.0 Å². The van der Waals surface area contributed by atoms with E-state index < -0.39 is 0 Å². The van der Waals surface area contributed by atoms with Crippen LogP contribution >= 0.6 is 11.6 Å². The molecular formula is C16H12ClN3O2. The van der Waals surface area contributed by atoms with Crippen LogP contribution < -0.4 is 10.4 Å². The van der Waals surface area contributed by atoms with Crippen LogP contribution in [0.4, 0.5) is 11.4 Å². The summed E-state index contributed by atoms with van der Waals surface area (Å²) in [5, 5.41) is 1.86. The number of nitrogens with zero attached hydrogens (tertiary/aromatic N) is 2. The van der Waals surface area contributed by atoms with Gasteiger partial charge in [-0.3, -0.25) is 15.0 Å². The Balaban J connectivity index is 2.12. The first-order valence-electron chi connectivity index (χ1n) is 6.61. The largest absolute Gasteiger partial charge is 0.291 e. The number of ketones is 1. The second kappa shape index (κ2) is 5.61. The van der Waals surface area contributed by atoms with Crippen LogP contribution in [-0.2, 0) is 4.79 Å². The Labute approximate surface area is 132 Å². The number of para-hydroxylation sites is 1. The SMILES string of the molecule is CC(=O)C1=Nc2ccccc2C(=O)N(c2ccc(Cl)cc2)N1. The second-order valence-electron chi connectivity index (χ2n) is 4.76. The van der Waals surface area contributed by atoms with Gasteiger partial charge in [0.2, 0.25) is 0 Å². The van der Waals surface area contributed by atoms with Crippen molar-refractivity contribution in [2.45, 2.75) is 6.92 Å². The molecule has 0 aromatic heterocycles. The van der Waals surface area contributed by atoms with E-state index in [1.54, 1.807) is 48.5 Å². The maximum absolute atomic E-state index is 12.7. The van der Waals surface area contributed by atoms with Gasteiger partial charge in [-0.15, -0.1) is 0 Å². The lowest BCUT2D eigenvalue weighted by Crippen LogP contribution is -2.47. The summed E-state index contributed by atoms with van der Waals surface area (Å²) in [5.74, 6) is -0.449. The van der Waals surface area contributed by atoms with Gasteiger partial charge in [-0.05, 0) is 36.4 Å². The molecule has 0 unspecified atom stereocenters. The monoisotopic (exact) mass is 313 g/mol. The molecule has 0 saturated carbocycles. The fraction of sp³-hybridized carbons (Fsp3) is 0.0625. The predicted molar refractivity (Wildman–Crippen MR) is 85.6 cm³/mol. The van der Waals surface area contributed by atoms with Gasteiger partial charge in [0.25, 0.3) is 5.91 Å². The van der Waals surface area contributed by atoms with Crippen LogP contribution in [0.2, 0.25) is 5.02 Å². The average Bonchev–Trinajstić information content (AvgIpc) is 2.66. The number of halogens is 1. The van der Waals surface area contributed by atoms with E-state index >= 15 is 0 Å². The Morgan fingerprint density at radius 3 is 2.50 bits per heavy atom. The molecule has 0 aliphatic carbocycles. The van der Waals surface area contributed by atoms with Gasteiger partial charge in [0, 0.05) is 11.9 Å². The lowest BCUT2D eigenvalue weighted by atomic mass is 10.1. The summed E-state index contributed by atoms with van der Waals surface area (Å²) >= 11 is 5.88. The quantitative estimate of drug-likeness (QED) is 0.926. The summed E-state index contributed by atoms with van der Waals surface area (Å²) in [6.45, 7) is 1.39. The van der Waals surface area contributed by atoms with Crippen molar-refractivity contribution >= 4 is 40.5 Å². The van der Waals surface area contributed by atoms with Crippen molar-refractivity contribution in [1.29, 1.82) is 0 Å². The topological polar surface area (TPSA) is 61.8 Å². The Morgan fingerprint density at radius 2 is 1.82 bits per heavy atom. The van der Waals surface area contributed by atoms with Crippen molar-refractivity contribution in [3.8, 4) is 0 Å². The summed E-state index contributed by atoms with van der Waals surface area (Å²) in [6.07, 6.45) is 0. The fourth-order valence-corrected chi connectivity index (χ4v) is 2.23. The number of rotatable bonds is 2. The van der Waals surface area contributed by atoms with Crippen LogP contribution in [0.5, 0.6) is 0 Å². The third-order valence-electron chi connectivity index (χ3n) is 3.21. The number of carbonyl (C=O) groups excluding carboxylic acids is 2. The minimum absolute atomic E-state index is 0.105. The molecule has 3 rings (SSSR count). The fourth-order valence-electron chi connectivity index (χ4n) is 2.10. The first-order valence-corrected chi connectivity index (χ1v) is 6.99. The Kier molecular flexibility index (Phi) is 3.65. The first kappa shape index (κ1) is 14.3. The van der Waals surface area contributed by atoms with Crippen molar-refractivity contribution < 1.29 is 9.59 Å². The van der Waals surface area contributed by atoms with Crippen LogP contribution in [0.1, 0.15) is 17.3 Å². The molecule has 0 atom stereocenters. The number of Topliss-reactive ketones (excluding diaryl/α,β-unsaturated/α-hetero) is 1. The highest BCUT2D eigenvalue weighted by molar-refractivity contribution is 6.40. The molecule has 5 nitrogen and oxygen atoms in total. The van der Waals surface area contributed by atoms with Crippen molar-refractivity contribution in [2.75, 3.05) is 5.01 Å². The lowest BCUT2D eigenvalue weighted by Gasteiger charge is -2.22. The number of benzene rings is 2. The number of hydrogen-bond donors (Lipinski definition) is 1. The number of hydrazine groups is 1. The maximum Gasteiger partial charge on any atom is 0.279 e. The van der Waals surface area contributed by atoms with E-state index in [0.717, 1.165) is 0 Å². The highest BCUT2D eigenvalue weighted by Crippen LogP contribution is 2.26. The summed E-state index contributed by atoms with van der Waals surface area (Å²) in [5.41, 5.74) is 4.24. The van der Waals surface area contributed by atoms with E-state index in [4.69, 9.17) is 11.6 Å². The van der Waals surface area contributed by atoms with E-state index in [1.807, 2.05) is 0 Å². The number of hydrogen-bond acceptors (Lipinski definition) is 4. The minimum atomic E-state index is -0.294. The molecule has 1 aliphatic heterocycles. The molecule has 0 saturated heterocycles. The van der Waals surface area contributed by atoms with Gasteiger partial charge >= 0.3 is 0 Å². The van der Waals surface area contributed by atoms with Crippen LogP contribution in [-0.4, -0.2) is 17.5 Å². The highest BCUT2D eigenvalue weighted by Gasteiger charge is 2.26. The minimum Gasteiger partial charge on any atom is -0.291 e. The Morgan fingerprint density at radius 1 is 1.14 bits per heavy atom. The van der Waals surface area contributed by atoms with E-state index in [9.17, 15) is 9.59 Å². The van der Waals surface area contributed by atoms with Crippen molar-refractivity contribution in [1.82, 2.24) is 5.43 Å². The van der Waals surface area contributed by atoms with Gasteiger partial charge in [-0.2, -0.15) is 0 Å². The number of amidine groups is 1. The smallest absolute Gasteiger partial charge is 0.279 e.